The van der Waals surface area contributed by atoms with E-state index >= 15 is 0 Å². The number of carbonyl (C=O) groups is 2. The summed E-state index contributed by atoms with van der Waals surface area (Å²) in [5.41, 5.74) is 1.35. The summed E-state index contributed by atoms with van der Waals surface area (Å²) in [5.74, 6) is -1.13. The smallest absolute Gasteiger partial charge is 0.257 e. The predicted molar refractivity (Wildman–Crippen MR) is 114 cm³/mol. The Balaban J connectivity index is 1.39. The van der Waals surface area contributed by atoms with Gasteiger partial charge in [0.05, 0.1) is 21.9 Å². The van der Waals surface area contributed by atoms with E-state index in [1.54, 1.807) is 27.9 Å². The van der Waals surface area contributed by atoms with Crippen molar-refractivity contribution in [3.05, 3.63) is 81.3 Å². The first-order valence-corrected chi connectivity index (χ1v) is 10.4. The zero-order chi connectivity index (χ0) is 21.3. The number of benzene rings is 2. The molecule has 0 aliphatic carbocycles. The molecule has 1 fully saturated rings. The third kappa shape index (κ3) is 4.24. The van der Waals surface area contributed by atoms with Crippen LogP contribution in [0.5, 0.6) is 0 Å². The fraction of sp³-hybridized carbons (Fsp3) is 0.190. The third-order valence-corrected chi connectivity index (χ3v) is 5.59. The highest BCUT2D eigenvalue weighted by atomic mass is 79.9. The van der Waals surface area contributed by atoms with Crippen LogP contribution in [0.25, 0.3) is 5.69 Å². The van der Waals surface area contributed by atoms with Gasteiger partial charge >= 0.3 is 0 Å². The molecule has 2 amide bonds. The van der Waals surface area contributed by atoms with Crippen molar-refractivity contribution in [2.45, 2.75) is 0 Å². The van der Waals surface area contributed by atoms with Crippen LogP contribution in [0.1, 0.15) is 20.7 Å². The Morgan fingerprint density at radius 1 is 0.967 bits per heavy atom. The monoisotopic (exact) mass is 490 g/mol. The lowest BCUT2D eigenvalue weighted by Crippen LogP contribution is -2.50. The van der Waals surface area contributed by atoms with Gasteiger partial charge in [0, 0.05) is 43.0 Å². The summed E-state index contributed by atoms with van der Waals surface area (Å²) in [6.45, 7) is 1.41. The molecule has 2 aromatic carbocycles. The number of nitrogens with zero attached hydrogens (tertiary/aromatic N) is 4. The second-order valence-corrected chi connectivity index (χ2v) is 8.21. The van der Waals surface area contributed by atoms with Crippen molar-refractivity contribution < 1.29 is 14.0 Å². The molecule has 1 aromatic heterocycles. The Bertz CT molecular complexity index is 1090. The van der Waals surface area contributed by atoms with E-state index in [0.717, 1.165) is 10.2 Å². The summed E-state index contributed by atoms with van der Waals surface area (Å²) in [6, 6.07) is 11.1. The number of hydrogen-bond acceptors (Lipinski definition) is 3. The van der Waals surface area contributed by atoms with E-state index in [9.17, 15) is 14.0 Å². The van der Waals surface area contributed by atoms with Gasteiger partial charge in [-0.1, -0.05) is 11.6 Å². The Kier molecular flexibility index (Phi) is 5.87. The van der Waals surface area contributed by atoms with Gasteiger partial charge in [0.25, 0.3) is 11.8 Å². The van der Waals surface area contributed by atoms with Crippen molar-refractivity contribution in [2.75, 3.05) is 26.2 Å². The van der Waals surface area contributed by atoms with Crippen LogP contribution in [0.4, 0.5) is 4.39 Å². The van der Waals surface area contributed by atoms with Crippen molar-refractivity contribution in [2.24, 2.45) is 0 Å². The highest BCUT2D eigenvalue weighted by Gasteiger charge is 2.27. The van der Waals surface area contributed by atoms with Gasteiger partial charge in [0.2, 0.25) is 0 Å². The Morgan fingerprint density at radius 2 is 1.60 bits per heavy atom. The zero-order valence-corrected chi connectivity index (χ0v) is 18.1. The van der Waals surface area contributed by atoms with Crippen LogP contribution >= 0.6 is 27.5 Å². The van der Waals surface area contributed by atoms with Crippen LogP contribution in [-0.2, 0) is 0 Å². The average molecular weight is 492 g/mol. The molecule has 3 aromatic rings. The van der Waals surface area contributed by atoms with Crippen LogP contribution < -0.4 is 0 Å². The van der Waals surface area contributed by atoms with E-state index in [1.807, 2.05) is 18.3 Å². The van der Waals surface area contributed by atoms with Crippen molar-refractivity contribution in [3.8, 4) is 5.69 Å². The average Bonchev–Trinajstić information content (AvgIpc) is 3.21. The van der Waals surface area contributed by atoms with Crippen LogP contribution in [-0.4, -0.2) is 57.6 Å². The van der Waals surface area contributed by atoms with Gasteiger partial charge < -0.3 is 9.80 Å². The maximum Gasteiger partial charge on any atom is 0.257 e. The van der Waals surface area contributed by atoms with Crippen LogP contribution in [0, 0.1) is 5.82 Å². The lowest BCUT2D eigenvalue weighted by atomic mass is 10.1. The van der Waals surface area contributed by atoms with Gasteiger partial charge in [-0.05, 0) is 58.4 Å². The van der Waals surface area contributed by atoms with Crippen molar-refractivity contribution in [3.63, 3.8) is 0 Å². The summed E-state index contributed by atoms with van der Waals surface area (Å²) in [4.78, 5) is 28.6. The molecule has 1 aliphatic heterocycles. The fourth-order valence-electron chi connectivity index (χ4n) is 3.33. The molecule has 0 saturated carbocycles. The van der Waals surface area contributed by atoms with E-state index in [4.69, 9.17) is 11.6 Å². The number of piperazine rings is 1. The molecule has 1 saturated heterocycles. The first-order valence-electron chi connectivity index (χ1n) is 9.26. The maximum absolute atomic E-state index is 14.0. The quantitative estimate of drug-likeness (QED) is 0.556. The van der Waals surface area contributed by atoms with E-state index in [0.29, 0.717) is 36.8 Å². The van der Waals surface area contributed by atoms with E-state index in [2.05, 4.69) is 21.0 Å². The number of halogens is 3. The van der Waals surface area contributed by atoms with Gasteiger partial charge in [0.15, 0.2) is 0 Å². The molecular formula is C21H17BrClFN4O2. The molecule has 6 nitrogen and oxygen atoms in total. The van der Waals surface area contributed by atoms with Gasteiger partial charge in [0.1, 0.15) is 5.82 Å². The molecule has 0 radical (unpaired) electrons. The molecule has 154 valence electrons. The maximum atomic E-state index is 14.0. The minimum Gasteiger partial charge on any atom is -0.335 e. The molecule has 30 heavy (non-hydrogen) atoms. The van der Waals surface area contributed by atoms with Gasteiger partial charge in [-0.2, -0.15) is 5.10 Å². The molecule has 0 bridgehead atoms. The van der Waals surface area contributed by atoms with Crippen LogP contribution in [0.15, 0.2) is 59.3 Å². The van der Waals surface area contributed by atoms with Gasteiger partial charge in [-0.3, -0.25) is 9.59 Å². The normalized spacial score (nSPS) is 14.1. The largest absolute Gasteiger partial charge is 0.335 e. The van der Waals surface area contributed by atoms with Crippen molar-refractivity contribution >= 4 is 39.3 Å². The van der Waals surface area contributed by atoms with E-state index < -0.39 is 11.7 Å². The second-order valence-electron chi connectivity index (χ2n) is 6.86. The second kappa shape index (κ2) is 8.57. The van der Waals surface area contributed by atoms with Gasteiger partial charge in [-0.25, -0.2) is 9.07 Å². The highest BCUT2D eigenvalue weighted by Crippen LogP contribution is 2.19. The molecule has 0 unspecified atom stereocenters. The van der Waals surface area contributed by atoms with E-state index in [1.165, 1.54) is 23.1 Å². The third-order valence-electron chi connectivity index (χ3n) is 4.94. The Labute approximate surface area is 186 Å². The molecule has 0 spiro atoms. The summed E-state index contributed by atoms with van der Waals surface area (Å²) < 4.78 is 16.6. The van der Waals surface area contributed by atoms with Gasteiger partial charge in [-0.15, -0.1) is 0 Å². The number of aromatic nitrogens is 2. The first-order chi connectivity index (χ1) is 14.4. The standard InChI is InChI=1S/C21H17BrClFN4O2/c22-15-12-25-28(13-15)17-4-1-14(2-5-17)20(29)26-7-9-27(10-8-26)21(30)18-11-16(23)3-6-19(18)24/h1-6,11-13H,7-10H2. The Hall–Kier alpha value is -2.71. The first kappa shape index (κ1) is 20.6. The van der Waals surface area contributed by atoms with Crippen LogP contribution in [0.3, 0.4) is 0 Å². The summed E-state index contributed by atoms with van der Waals surface area (Å²) in [6.07, 6.45) is 3.52. The summed E-state index contributed by atoms with van der Waals surface area (Å²) in [7, 11) is 0. The molecule has 9 heteroatoms. The molecular weight excluding hydrogens is 475 g/mol. The number of rotatable bonds is 3. The zero-order valence-electron chi connectivity index (χ0n) is 15.8. The minimum absolute atomic E-state index is 0.0527. The number of amides is 2. The summed E-state index contributed by atoms with van der Waals surface area (Å²) >= 11 is 9.24. The number of hydrogen-bond donors (Lipinski definition) is 0. The van der Waals surface area contributed by atoms with Crippen molar-refractivity contribution in [1.29, 1.82) is 0 Å². The number of carbonyl (C=O) groups excluding carboxylic acids is 2. The lowest BCUT2D eigenvalue weighted by Gasteiger charge is -2.35. The highest BCUT2D eigenvalue weighted by molar-refractivity contribution is 9.10. The fourth-order valence-corrected chi connectivity index (χ4v) is 3.78. The SMILES string of the molecule is O=C(c1ccc(-n2cc(Br)cn2)cc1)N1CCN(C(=O)c2cc(Cl)ccc2F)CC1. The Morgan fingerprint density at radius 3 is 2.20 bits per heavy atom. The minimum atomic E-state index is -0.604. The lowest BCUT2D eigenvalue weighted by molar-refractivity contribution is 0.0533. The molecule has 0 atom stereocenters. The predicted octanol–water partition coefficient (Wildman–Crippen LogP) is 4.03. The molecule has 2 heterocycles. The van der Waals surface area contributed by atoms with E-state index in [-0.39, 0.29) is 11.5 Å². The van der Waals surface area contributed by atoms with Crippen molar-refractivity contribution in [1.82, 2.24) is 19.6 Å². The molecule has 1 aliphatic rings. The summed E-state index contributed by atoms with van der Waals surface area (Å²) in [5, 5.41) is 4.52. The molecule has 0 N–H and O–H groups in total. The van der Waals surface area contributed by atoms with Crippen LogP contribution in [0.2, 0.25) is 5.02 Å². The molecule has 4 rings (SSSR count). The topological polar surface area (TPSA) is 58.4 Å².